The topological polar surface area (TPSA) is 89.7 Å². The molecule has 0 fully saturated rings. The third kappa shape index (κ3) is 3.92. The Morgan fingerprint density at radius 2 is 2.10 bits per heavy atom. The fourth-order valence-corrected chi connectivity index (χ4v) is 2.77. The smallest absolute Gasteiger partial charge is 0.256 e. The lowest BCUT2D eigenvalue weighted by molar-refractivity contribution is 0.0703. The van der Waals surface area contributed by atoms with Gasteiger partial charge in [0.15, 0.2) is 0 Å². The maximum Gasteiger partial charge on any atom is 0.256 e. The van der Waals surface area contributed by atoms with Crippen molar-refractivity contribution in [3.05, 3.63) is 28.8 Å². The molecule has 0 aliphatic carbocycles. The molecule has 8 heteroatoms. The van der Waals surface area contributed by atoms with Crippen molar-refractivity contribution in [2.45, 2.75) is 11.8 Å². The minimum Gasteiger partial charge on any atom is -0.383 e. The van der Waals surface area contributed by atoms with Crippen LogP contribution in [0.5, 0.6) is 0 Å². The summed E-state index contributed by atoms with van der Waals surface area (Å²) in [6.45, 7) is 2.86. The second kappa shape index (κ2) is 7.03. The second-order valence-electron chi connectivity index (χ2n) is 4.04. The molecule has 0 heterocycles. The lowest BCUT2D eigenvalue weighted by Crippen LogP contribution is -2.35. The zero-order valence-corrected chi connectivity index (χ0v) is 12.9. The predicted octanol–water partition coefficient (Wildman–Crippen LogP) is 1.10. The number of methoxy groups -OCH3 is 1. The molecule has 1 aromatic carbocycles. The molecule has 0 bridgehead atoms. The molecular formula is C12H17ClN2O4S. The highest BCUT2D eigenvalue weighted by molar-refractivity contribution is 7.89. The number of primary sulfonamides is 1. The molecule has 0 spiro atoms. The summed E-state index contributed by atoms with van der Waals surface area (Å²) in [5.74, 6) is -0.487. The van der Waals surface area contributed by atoms with Crippen molar-refractivity contribution >= 4 is 27.5 Å². The summed E-state index contributed by atoms with van der Waals surface area (Å²) in [5.41, 5.74) is -0.102. The van der Waals surface area contributed by atoms with Gasteiger partial charge in [0, 0.05) is 20.2 Å². The second-order valence-corrected chi connectivity index (χ2v) is 5.97. The Hall–Kier alpha value is -1.15. The van der Waals surface area contributed by atoms with E-state index in [2.05, 4.69) is 0 Å². The van der Waals surface area contributed by atoms with Gasteiger partial charge >= 0.3 is 0 Å². The van der Waals surface area contributed by atoms with Gasteiger partial charge in [-0.25, -0.2) is 13.6 Å². The third-order valence-corrected chi connectivity index (χ3v) is 4.00. The molecule has 112 valence electrons. The average Bonchev–Trinajstić information content (AvgIpc) is 2.38. The van der Waals surface area contributed by atoms with Gasteiger partial charge < -0.3 is 9.64 Å². The molecule has 0 saturated carbocycles. The highest BCUT2D eigenvalue weighted by Gasteiger charge is 2.25. The van der Waals surface area contributed by atoms with E-state index >= 15 is 0 Å². The summed E-state index contributed by atoms with van der Waals surface area (Å²) < 4.78 is 28.0. The highest BCUT2D eigenvalue weighted by atomic mass is 35.5. The van der Waals surface area contributed by atoms with Crippen LogP contribution in [0.25, 0.3) is 0 Å². The van der Waals surface area contributed by atoms with Crippen LogP contribution in [0.15, 0.2) is 23.1 Å². The van der Waals surface area contributed by atoms with Crippen molar-refractivity contribution < 1.29 is 17.9 Å². The number of hydrogen-bond acceptors (Lipinski definition) is 4. The van der Waals surface area contributed by atoms with Gasteiger partial charge in [0.05, 0.1) is 22.1 Å². The van der Waals surface area contributed by atoms with Crippen molar-refractivity contribution in [2.24, 2.45) is 5.14 Å². The Balaban J connectivity index is 3.27. The van der Waals surface area contributed by atoms with Crippen molar-refractivity contribution in [1.29, 1.82) is 0 Å². The molecule has 0 saturated heterocycles. The largest absolute Gasteiger partial charge is 0.383 e. The van der Waals surface area contributed by atoms with Crippen LogP contribution in [-0.2, 0) is 14.8 Å². The van der Waals surface area contributed by atoms with Gasteiger partial charge in [-0.15, -0.1) is 0 Å². The standard InChI is InChI=1S/C12H17ClN2O4S/c1-3-15(7-8-19-2)12(16)11-9(13)5-4-6-10(11)20(14,17)18/h4-6H,3,7-8H2,1-2H3,(H2,14,17,18). The van der Waals surface area contributed by atoms with Crippen LogP contribution >= 0.6 is 11.6 Å². The first-order valence-corrected chi connectivity index (χ1v) is 7.84. The van der Waals surface area contributed by atoms with Gasteiger partial charge in [-0.2, -0.15) is 0 Å². The SMILES string of the molecule is CCN(CCOC)C(=O)c1c(Cl)cccc1S(N)(=O)=O. The van der Waals surface area contributed by atoms with Gasteiger partial charge in [0.2, 0.25) is 10.0 Å². The van der Waals surface area contributed by atoms with Gasteiger partial charge in [-0.05, 0) is 19.1 Å². The van der Waals surface area contributed by atoms with E-state index in [-0.39, 0.29) is 15.5 Å². The van der Waals surface area contributed by atoms with Crippen molar-refractivity contribution in [3.8, 4) is 0 Å². The summed E-state index contributed by atoms with van der Waals surface area (Å²) in [6.07, 6.45) is 0. The van der Waals surface area contributed by atoms with E-state index < -0.39 is 15.9 Å². The van der Waals surface area contributed by atoms with Crippen molar-refractivity contribution in [2.75, 3.05) is 26.8 Å². The summed E-state index contributed by atoms with van der Waals surface area (Å²) >= 11 is 5.97. The van der Waals surface area contributed by atoms with E-state index in [0.29, 0.717) is 19.7 Å². The zero-order valence-electron chi connectivity index (χ0n) is 11.3. The molecular weight excluding hydrogens is 304 g/mol. The molecule has 0 unspecified atom stereocenters. The minimum absolute atomic E-state index is 0.0531. The number of nitrogens with two attached hydrogens (primary N) is 1. The van der Waals surface area contributed by atoms with Crippen LogP contribution in [0, 0.1) is 0 Å². The first-order valence-electron chi connectivity index (χ1n) is 5.92. The molecule has 2 N–H and O–H groups in total. The van der Waals surface area contributed by atoms with Gasteiger partial charge in [-0.3, -0.25) is 4.79 Å². The quantitative estimate of drug-likeness (QED) is 0.849. The Labute approximate surface area is 123 Å². The summed E-state index contributed by atoms with van der Waals surface area (Å²) in [6, 6.07) is 4.15. The van der Waals surface area contributed by atoms with Crippen LogP contribution in [-0.4, -0.2) is 46.0 Å². The summed E-state index contributed by atoms with van der Waals surface area (Å²) in [5, 5.41) is 5.18. The van der Waals surface area contributed by atoms with Gasteiger partial charge in [0.25, 0.3) is 5.91 Å². The normalized spacial score (nSPS) is 11.4. The molecule has 0 atom stereocenters. The fraction of sp³-hybridized carbons (Fsp3) is 0.417. The lowest BCUT2D eigenvalue weighted by Gasteiger charge is -2.22. The van der Waals surface area contributed by atoms with E-state index in [9.17, 15) is 13.2 Å². The van der Waals surface area contributed by atoms with Crippen LogP contribution in [0.1, 0.15) is 17.3 Å². The molecule has 1 aromatic rings. The number of carbonyl (C=O) groups excluding carboxylic acids is 1. The lowest BCUT2D eigenvalue weighted by atomic mass is 10.2. The van der Waals surface area contributed by atoms with Crippen molar-refractivity contribution in [1.82, 2.24) is 4.90 Å². The molecule has 0 aliphatic heterocycles. The number of carbonyl (C=O) groups is 1. The maximum atomic E-state index is 12.4. The molecule has 20 heavy (non-hydrogen) atoms. The number of ether oxygens (including phenoxy) is 1. The van der Waals surface area contributed by atoms with E-state index in [1.165, 1.54) is 30.2 Å². The van der Waals surface area contributed by atoms with Crippen LogP contribution < -0.4 is 5.14 Å². The molecule has 0 aromatic heterocycles. The van der Waals surface area contributed by atoms with Gasteiger partial charge in [0.1, 0.15) is 0 Å². The zero-order chi connectivity index (χ0) is 15.3. The third-order valence-electron chi connectivity index (χ3n) is 2.73. The first-order chi connectivity index (χ1) is 9.32. The van der Waals surface area contributed by atoms with Crippen LogP contribution in [0.2, 0.25) is 5.02 Å². The summed E-state index contributed by atoms with van der Waals surface area (Å²) in [4.78, 5) is 13.6. The summed E-state index contributed by atoms with van der Waals surface area (Å²) in [7, 11) is -2.51. The molecule has 0 aliphatic rings. The van der Waals surface area contributed by atoms with Crippen LogP contribution in [0.3, 0.4) is 0 Å². The molecule has 6 nitrogen and oxygen atoms in total. The Kier molecular flexibility index (Phi) is 5.94. The van der Waals surface area contributed by atoms with Crippen LogP contribution in [0.4, 0.5) is 0 Å². The monoisotopic (exact) mass is 320 g/mol. The average molecular weight is 321 g/mol. The van der Waals surface area contributed by atoms with E-state index in [1.54, 1.807) is 6.92 Å². The van der Waals surface area contributed by atoms with Gasteiger partial charge in [-0.1, -0.05) is 17.7 Å². The number of sulfonamides is 1. The predicted molar refractivity (Wildman–Crippen MR) is 76.3 cm³/mol. The van der Waals surface area contributed by atoms with Crippen molar-refractivity contribution in [3.63, 3.8) is 0 Å². The maximum absolute atomic E-state index is 12.4. The van der Waals surface area contributed by atoms with E-state index in [0.717, 1.165) is 0 Å². The number of hydrogen-bond donors (Lipinski definition) is 1. The molecule has 0 radical (unpaired) electrons. The number of halogens is 1. The number of nitrogens with zero attached hydrogens (tertiary/aromatic N) is 1. The Morgan fingerprint density at radius 3 is 2.60 bits per heavy atom. The first kappa shape index (κ1) is 16.9. The molecule has 1 amide bonds. The van der Waals surface area contributed by atoms with E-state index in [1.807, 2.05) is 0 Å². The Morgan fingerprint density at radius 1 is 1.45 bits per heavy atom. The number of rotatable bonds is 6. The number of amides is 1. The van der Waals surface area contributed by atoms with E-state index in [4.69, 9.17) is 21.5 Å². The highest BCUT2D eigenvalue weighted by Crippen LogP contribution is 2.24. The minimum atomic E-state index is -4.03. The molecule has 1 rings (SSSR count). The fourth-order valence-electron chi connectivity index (χ4n) is 1.71. The number of benzene rings is 1. The number of likely N-dealkylation sites (N-methyl/N-ethyl adjacent to an activating group) is 1. The Bertz CT molecular complexity index is 589.